The largest absolute Gasteiger partial charge is 0.330 e. The van der Waals surface area contributed by atoms with E-state index in [2.05, 4.69) is 19.9 Å². The molecule has 5 heterocycles. The maximum absolute atomic E-state index is 13.3. The van der Waals surface area contributed by atoms with E-state index in [1.807, 2.05) is 51.9 Å². The summed E-state index contributed by atoms with van der Waals surface area (Å²) < 4.78 is 1.95. The second kappa shape index (κ2) is 8.02. The summed E-state index contributed by atoms with van der Waals surface area (Å²) in [5.41, 5.74) is 3.90. The summed E-state index contributed by atoms with van der Waals surface area (Å²) in [5, 5.41) is 0. The molecule has 0 radical (unpaired) electrons. The highest BCUT2D eigenvalue weighted by molar-refractivity contribution is 5.96. The Labute approximate surface area is 174 Å². The molecule has 4 aromatic heterocycles. The number of rotatable bonds is 4. The van der Waals surface area contributed by atoms with E-state index in [1.54, 1.807) is 24.9 Å². The van der Waals surface area contributed by atoms with Gasteiger partial charge in [0.1, 0.15) is 5.52 Å². The lowest BCUT2D eigenvalue weighted by Crippen LogP contribution is -2.38. The normalized spacial score (nSPS) is 16.7. The van der Waals surface area contributed by atoms with Gasteiger partial charge in [-0.3, -0.25) is 14.8 Å². The van der Waals surface area contributed by atoms with Crippen LogP contribution in [0.5, 0.6) is 0 Å². The lowest BCUT2D eigenvalue weighted by molar-refractivity contribution is 0.0606. The quantitative estimate of drug-likeness (QED) is 0.525. The first kappa shape index (κ1) is 18.4. The molecule has 150 valence electrons. The van der Waals surface area contributed by atoms with Crippen molar-refractivity contribution < 1.29 is 4.79 Å². The summed E-state index contributed by atoms with van der Waals surface area (Å²) in [4.78, 5) is 33.2. The molecule has 4 aromatic rings. The molecule has 0 N–H and O–H groups in total. The number of hydrogen-bond donors (Lipinski definition) is 0. The Morgan fingerprint density at radius 2 is 1.87 bits per heavy atom. The van der Waals surface area contributed by atoms with Crippen molar-refractivity contribution in [1.82, 2.24) is 29.4 Å². The van der Waals surface area contributed by atoms with Gasteiger partial charge in [0.25, 0.3) is 5.91 Å². The maximum Gasteiger partial charge on any atom is 0.256 e. The van der Waals surface area contributed by atoms with Crippen LogP contribution in [0.15, 0.2) is 67.4 Å². The van der Waals surface area contributed by atoms with Gasteiger partial charge in [0.2, 0.25) is 0 Å². The van der Waals surface area contributed by atoms with E-state index in [0.29, 0.717) is 17.6 Å². The van der Waals surface area contributed by atoms with Crippen molar-refractivity contribution in [1.29, 1.82) is 0 Å². The van der Waals surface area contributed by atoms with Crippen LogP contribution in [0.1, 0.15) is 47.1 Å². The summed E-state index contributed by atoms with van der Waals surface area (Å²) in [7, 11) is 0. The fraction of sp³-hybridized carbons (Fsp3) is 0.261. The molecule has 1 unspecified atom stereocenters. The third-order valence-corrected chi connectivity index (χ3v) is 5.55. The number of piperidine rings is 1. The highest BCUT2D eigenvalue weighted by Gasteiger charge is 2.30. The summed E-state index contributed by atoms with van der Waals surface area (Å²) in [5.74, 6) is -0.0148. The minimum Gasteiger partial charge on any atom is -0.330 e. The zero-order chi connectivity index (χ0) is 20.3. The molecule has 0 aromatic carbocycles. The molecule has 0 spiro atoms. The Hall–Kier alpha value is -3.61. The van der Waals surface area contributed by atoms with E-state index in [-0.39, 0.29) is 11.9 Å². The molecular formula is C23H22N6O. The molecule has 30 heavy (non-hydrogen) atoms. The first-order valence-corrected chi connectivity index (χ1v) is 10.2. The van der Waals surface area contributed by atoms with Crippen LogP contribution in [0.2, 0.25) is 0 Å². The fourth-order valence-corrected chi connectivity index (χ4v) is 4.07. The average molecular weight is 398 g/mol. The van der Waals surface area contributed by atoms with E-state index >= 15 is 0 Å². The first-order chi connectivity index (χ1) is 14.8. The van der Waals surface area contributed by atoms with Gasteiger partial charge in [-0.05, 0) is 49.6 Å². The van der Waals surface area contributed by atoms with E-state index < -0.39 is 0 Å². The van der Waals surface area contributed by atoms with E-state index in [4.69, 9.17) is 0 Å². The Morgan fingerprint density at radius 1 is 1.00 bits per heavy atom. The van der Waals surface area contributed by atoms with E-state index in [0.717, 1.165) is 42.8 Å². The van der Waals surface area contributed by atoms with Crippen LogP contribution >= 0.6 is 0 Å². The predicted molar refractivity (Wildman–Crippen MR) is 113 cm³/mol. The summed E-state index contributed by atoms with van der Waals surface area (Å²) >= 11 is 0. The van der Waals surface area contributed by atoms with Crippen molar-refractivity contribution in [2.75, 3.05) is 6.54 Å². The van der Waals surface area contributed by atoms with Crippen molar-refractivity contribution in [3.8, 4) is 0 Å². The number of fused-ring (bicyclic) bond motifs is 1. The number of nitrogens with zero attached hydrogens (tertiary/aromatic N) is 6. The lowest BCUT2D eigenvalue weighted by Gasteiger charge is -2.35. The Bertz CT molecular complexity index is 1160. The van der Waals surface area contributed by atoms with Gasteiger partial charge in [-0.2, -0.15) is 0 Å². The van der Waals surface area contributed by atoms with Crippen LogP contribution in [0.25, 0.3) is 11.2 Å². The van der Waals surface area contributed by atoms with Crippen LogP contribution in [0, 0.1) is 0 Å². The van der Waals surface area contributed by atoms with Gasteiger partial charge < -0.3 is 9.47 Å². The van der Waals surface area contributed by atoms with Gasteiger partial charge in [-0.1, -0.05) is 12.1 Å². The minimum atomic E-state index is -0.0148. The molecule has 1 saturated heterocycles. The Balaban J connectivity index is 1.42. The lowest BCUT2D eigenvalue weighted by atomic mass is 9.98. The SMILES string of the molecule is O=C(c1cnc2c(c1)ncn2Cc1ccccn1)N1CCCCC1c1ccccn1. The summed E-state index contributed by atoms with van der Waals surface area (Å²) in [6.07, 6.45) is 9.99. The third kappa shape index (κ3) is 3.54. The topological polar surface area (TPSA) is 76.8 Å². The molecule has 1 aliphatic heterocycles. The monoisotopic (exact) mass is 398 g/mol. The van der Waals surface area contributed by atoms with Gasteiger partial charge >= 0.3 is 0 Å². The van der Waals surface area contributed by atoms with Gasteiger partial charge in [0.15, 0.2) is 5.65 Å². The standard InChI is InChI=1S/C23H22N6O/c30-23(29-12-6-3-9-21(29)19-8-2-5-11-25-19)17-13-20-22(26-14-17)28(16-27-20)15-18-7-1-4-10-24-18/h1-2,4-5,7-8,10-11,13-14,16,21H,3,6,9,12,15H2. The number of imidazole rings is 1. The molecule has 1 amide bonds. The van der Waals surface area contributed by atoms with Crippen molar-refractivity contribution in [2.45, 2.75) is 31.8 Å². The number of hydrogen-bond acceptors (Lipinski definition) is 5. The number of aromatic nitrogens is 5. The smallest absolute Gasteiger partial charge is 0.256 e. The average Bonchev–Trinajstić information content (AvgIpc) is 3.22. The zero-order valence-corrected chi connectivity index (χ0v) is 16.6. The van der Waals surface area contributed by atoms with E-state index in [1.165, 1.54) is 0 Å². The number of pyridine rings is 3. The molecule has 1 fully saturated rings. The molecule has 0 saturated carbocycles. The Morgan fingerprint density at radius 3 is 2.67 bits per heavy atom. The highest BCUT2D eigenvalue weighted by atomic mass is 16.2. The molecule has 0 aliphatic carbocycles. The van der Waals surface area contributed by atoms with Crippen molar-refractivity contribution >= 4 is 17.1 Å². The van der Waals surface area contributed by atoms with Crippen LogP contribution in [-0.4, -0.2) is 41.9 Å². The molecule has 5 rings (SSSR count). The van der Waals surface area contributed by atoms with E-state index in [9.17, 15) is 4.79 Å². The van der Waals surface area contributed by atoms with Gasteiger partial charge in [0, 0.05) is 25.1 Å². The highest BCUT2D eigenvalue weighted by Crippen LogP contribution is 2.31. The number of carbonyl (C=O) groups excluding carboxylic acids is 1. The zero-order valence-electron chi connectivity index (χ0n) is 16.6. The van der Waals surface area contributed by atoms with Crippen molar-refractivity contribution in [2.24, 2.45) is 0 Å². The third-order valence-electron chi connectivity index (χ3n) is 5.55. The van der Waals surface area contributed by atoms with Crippen LogP contribution in [-0.2, 0) is 6.54 Å². The molecule has 7 nitrogen and oxygen atoms in total. The van der Waals surface area contributed by atoms with Crippen molar-refractivity contribution in [3.63, 3.8) is 0 Å². The van der Waals surface area contributed by atoms with Crippen LogP contribution in [0.3, 0.4) is 0 Å². The molecule has 1 atom stereocenters. The van der Waals surface area contributed by atoms with Gasteiger partial charge in [-0.25, -0.2) is 9.97 Å². The summed E-state index contributed by atoms with van der Waals surface area (Å²) in [6.45, 7) is 1.32. The number of likely N-dealkylation sites (tertiary alicyclic amines) is 1. The number of amides is 1. The van der Waals surface area contributed by atoms with Crippen LogP contribution < -0.4 is 0 Å². The fourth-order valence-electron chi connectivity index (χ4n) is 4.07. The van der Waals surface area contributed by atoms with Crippen LogP contribution in [0.4, 0.5) is 0 Å². The molecular weight excluding hydrogens is 376 g/mol. The maximum atomic E-state index is 13.3. The van der Waals surface area contributed by atoms with Gasteiger partial charge in [0.05, 0.1) is 35.9 Å². The minimum absolute atomic E-state index is 0.00450. The Kier molecular flexibility index (Phi) is 4.93. The second-order valence-corrected chi connectivity index (χ2v) is 7.53. The van der Waals surface area contributed by atoms with Gasteiger partial charge in [-0.15, -0.1) is 0 Å². The molecule has 7 heteroatoms. The molecule has 1 aliphatic rings. The number of carbonyl (C=O) groups is 1. The summed E-state index contributed by atoms with van der Waals surface area (Å²) in [6, 6.07) is 13.5. The predicted octanol–water partition coefficient (Wildman–Crippen LogP) is 3.64. The van der Waals surface area contributed by atoms with Crippen molar-refractivity contribution in [3.05, 3.63) is 84.3 Å². The first-order valence-electron chi connectivity index (χ1n) is 10.2. The second-order valence-electron chi connectivity index (χ2n) is 7.53. The molecule has 0 bridgehead atoms.